The molecular formula is C26H31N5O2S. The number of fused-ring (bicyclic) bond motifs is 1. The van der Waals surface area contributed by atoms with Crippen molar-refractivity contribution in [1.82, 2.24) is 20.1 Å². The highest BCUT2D eigenvalue weighted by Gasteiger charge is 2.48. The van der Waals surface area contributed by atoms with Crippen LogP contribution in [0, 0.1) is 0 Å². The molecule has 1 saturated heterocycles. The van der Waals surface area contributed by atoms with Gasteiger partial charge in [0.05, 0.1) is 11.2 Å². The van der Waals surface area contributed by atoms with Crippen LogP contribution in [0.1, 0.15) is 40.9 Å². The first-order valence-electron chi connectivity index (χ1n) is 11.9. The molecule has 2 aromatic heterocycles. The lowest BCUT2D eigenvalue weighted by Gasteiger charge is -2.50. The summed E-state index contributed by atoms with van der Waals surface area (Å²) in [5.74, 6) is 0.179. The summed E-state index contributed by atoms with van der Waals surface area (Å²) in [6.45, 7) is 2.30. The monoisotopic (exact) mass is 477 g/mol. The molecule has 5 rings (SSSR count). The van der Waals surface area contributed by atoms with Gasteiger partial charge in [-0.05, 0) is 61.9 Å². The number of carbonyl (C=O) groups is 2. The van der Waals surface area contributed by atoms with Crippen molar-refractivity contribution >= 4 is 39.7 Å². The highest BCUT2D eigenvalue weighted by Crippen LogP contribution is 2.37. The molecule has 2 amide bonds. The number of hydrogen-bond donors (Lipinski definition) is 2. The van der Waals surface area contributed by atoms with Crippen molar-refractivity contribution in [2.24, 2.45) is 0 Å². The molecule has 1 aromatic carbocycles. The van der Waals surface area contributed by atoms with E-state index >= 15 is 0 Å². The molecule has 7 nitrogen and oxygen atoms in total. The van der Waals surface area contributed by atoms with E-state index in [0.29, 0.717) is 11.4 Å². The average molecular weight is 478 g/mol. The molecule has 1 aliphatic carbocycles. The van der Waals surface area contributed by atoms with E-state index in [-0.39, 0.29) is 17.9 Å². The Labute approximate surface area is 204 Å². The third kappa shape index (κ3) is 4.16. The summed E-state index contributed by atoms with van der Waals surface area (Å²) in [5, 5.41) is 9.74. The number of aromatic nitrogens is 1. The van der Waals surface area contributed by atoms with Crippen LogP contribution >= 0.6 is 11.3 Å². The van der Waals surface area contributed by atoms with Gasteiger partial charge >= 0.3 is 0 Å². The number of thiophene rings is 1. The van der Waals surface area contributed by atoms with Gasteiger partial charge in [-0.25, -0.2) is 0 Å². The second-order valence-electron chi connectivity index (χ2n) is 9.43. The van der Waals surface area contributed by atoms with Crippen LogP contribution in [0.2, 0.25) is 0 Å². The quantitative estimate of drug-likeness (QED) is 0.586. The van der Waals surface area contributed by atoms with Crippen LogP contribution in [-0.2, 0) is 11.3 Å². The van der Waals surface area contributed by atoms with E-state index in [4.69, 9.17) is 0 Å². The fourth-order valence-electron chi connectivity index (χ4n) is 5.34. The summed E-state index contributed by atoms with van der Waals surface area (Å²) < 4.78 is 0. The SMILES string of the molecule is CN1CCN(C)[C@]2(CC[C@H](NC(=O)c3sccc3NCc3ccnc4ccccc34)CC2)C1=O. The number of nitrogens with zero attached hydrogens (tertiary/aromatic N) is 3. The predicted octanol–water partition coefficient (Wildman–Crippen LogP) is 3.72. The van der Waals surface area contributed by atoms with Crippen LogP contribution in [-0.4, -0.2) is 65.4 Å². The number of para-hydroxylation sites is 1. The molecule has 2 N–H and O–H groups in total. The predicted molar refractivity (Wildman–Crippen MR) is 136 cm³/mol. The van der Waals surface area contributed by atoms with Gasteiger partial charge in [0.25, 0.3) is 5.91 Å². The van der Waals surface area contributed by atoms with E-state index in [1.54, 1.807) is 0 Å². The van der Waals surface area contributed by atoms with Crippen molar-refractivity contribution < 1.29 is 9.59 Å². The maximum Gasteiger partial charge on any atom is 0.263 e. The first-order valence-corrected chi connectivity index (χ1v) is 12.8. The summed E-state index contributed by atoms with van der Waals surface area (Å²) in [4.78, 5) is 35.3. The second-order valence-corrected chi connectivity index (χ2v) is 10.3. The van der Waals surface area contributed by atoms with E-state index in [2.05, 4.69) is 33.6 Å². The zero-order valence-electron chi connectivity index (χ0n) is 19.7. The lowest BCUT2D eigenvalue weighted by Crippen LogP contribution is -2.65. The van der Waals surface area contributed by atoms with Crippen molar-refractivity contribution in [2.75, 3.05) is 32.5 Å². The number of benzene rings is 1. The maximum absolute atomic E-state index is 13.1. The molecule has 0 atom stereocenters. The molecule has 0 bridgehead atoms. The van der Waals surface area contributed by atoms with E-state index < -0.39 is 5.54 Å². The van der Waals surface area contributed by atoms with Crippen LogP contribution in [0.3, 0.4) is 0 Å². The number of rotatable bonds is 5. The molecule has 1 aliphatic heterocycles. The molecule has 2 aliphatic rings. The minimum atomic E-state index is -0.406. The van der Waals surface area contributed by atoms with Crippen LogP contribution < -0.4 is 10.6 Å². The lowest BCUT2D eigenvalue weighted by molar-refractivity contribution is -0.151. The fraction of sp³-hybridized carbons (Fsp3) is 0.423. The van der Waals surface area contributed by atoms with Gasteiger partial charge in [-0.15, -0.1) is 11.3 Å². The third-order valence-electron chi connectivity index (χ3n) is 7.47. The van der Waals surface area contributed by atoms with Gasteiger partial charge in [-0.1, -0.05) is 18.2 Å². The Morgan fingerprint density at radius 2 is 1.94 bits per heavy atom. The van der Waals surface area contributed by atoms with E-state index in [1.165, 1.54) is 11.3 Å². The Morgan fingerprint density at radius 3 is 2.76 bits per heavy atom. The maximum atomic E-state index is 13.1. The Morgan fingerprint density at radius 1 is 1.15 bits per heavy atom. The Hall–Kier alpha value is -2.97. The number of anilines is 1. The molecule has 1 saturated carbocycles. The van der Waals surface area contributed by atoms with E-state index in [0.717, 1.165) is 60.9 Å². The van der Waals surface area contributed by atoms with Crippen molar-refractivity contribution in [3.63, 3.8) is 0 Å². The van der Waals surface area contributed by atoms with Gasteiger partial charge in [0.1, 0.15) is 10.4 Å². The Bertz CT molecular complexity index is 1200. The number of likely N-dealkylation sites (N-methyl/N-ethyl adjacent to an activating group) is 2. The number of hydrogen-bond acceptors (Lipinski definition) is 6. The van der Waals surface area contributed by atoms with Gasteiger partial charge in [-0.2, -0.15) is 0 Å². The highest BCUT2D eigenvalue weighted by molar-refractivity contribution is 7.12. The summed E-state index contributed by atoms with van der Waals surface area (Å²) >= 11 is 1.45. The first kappa shape index (κ1) is 22.8. The Balaban J connectivity index is 1.22. The zero-order chi connectivity index (χ0) is 23.7. The summed E-state index contributed by atoms with van der Waals surface area (Å²) in [6.07, 6.45) is 5.01. The molecule has 1 spiro atoms. The molecule has 2 fully saturated rings. The number of amides is 2. The topological polar surface area (TPSA) is 77.6 Å². The minimum Gasteiger partial charge on any atom is -0.380 e. The van der Waals surface area contributed by atoms with Crippen molar-refractivity contribution in [3.8, 4) is 0 Å². The van der Waals surface area contributed by atoms with Gasteiger partial charge in [-0.3, -0.25) is 19.5 Å². The van der Waals surface area contributed by atoms with Crippen LogP contribution in [0.4, 0.5) is 5.69 Å². The smallest absolute Gasteiger partial charge is 0.263 e. The third-order valence-corrected chi connectivity index (χ3v) is 8.39. The lowest BCUT2D eigenvalue weighted by atomic mass is 9.76. The van der Waals surface area contributed by atoms with Crippen LogP contribution in [0.5, 0.6) is 0 Å². The van der Waals surface area contributed by atoms with Gasteiger partial charge in [0, 0.05) is 44.3 Å². The second kappa shape index (κ2) is 9.35. The summed E-state index contributed by atoms with van der Waals surface area (Å²) in [6, 6.07) is 12.1. The highest BCUT2D eigenvalue weighted by atomic mass is 32.1. The van der Waals surface area contributed by atoms with E-state index in [9.17, 15) is 9.59 Å². The average Bonchev–Trinajstić information content (AvgIpc) is 3.34. The molecule has 0 radical (unpaired) electrons. The number of pyridine rings is 1. The van der Waals surface area contributed by atoms with Gasteiger partial charge in [0.2, 0.25) is 5.91 Å². The van der Waals surface area contributed by atoms with Crippen molar-refractivity contribution in [3.05, 3.63) is 58.4 Å². The van der Waals surface area contributed by atoms with Crippen LogP contribution in [0.15, 0.2) is 48.0 Å². The van der Waals surface area contributed by atoms with Crippen molar-refractivity contribution in [1.29, 1.82) is 0 Å². The van der Waals surface area contributed by atoms with Crippen LogP contribution in [0.25, 0.3) is 10.9 Å². The Kier molecular flexibility index (Phi) is 6.27. The molecular weight excluding hydrogens is 446 g/mol. The zero-order valence-corrected chi connectivity index (χ0v) is 20.5. The number of nitrogens with one attached hydrogen (secondary N) is 2. The molecule has 178 valence electrons. The van der Waals surface area contributed by atoms with E-state index in [1.807, 2.05) is 53.9 Å². The number of piperazine rings is 1. The fourth-order valence-corrected chi connectivity index (χ4v) is 6.12. The normalized spacial score (nSPS) is 23.4. The summed E-state index contributed by atoms with van der Waals surface area (Å²) in [5.41, 5.74) is 2.55. The number of carbonyl (C=O) groups excluding carboxylic acids is 2. The van der Waals surface area contributed by atoms with Gasteiger partial charge < -0.3 is 15.5 Å². The molecule has 34 heavy (non-hydrogen) atoms. The largest absolute Gasteiger partial charge is 0.380 e. The molecule has 3 aromatic rings. The van der Waals surface area contributed by atoms with Crippen molar-refractivity contribution in [2.45, 2.75) is 43.8 Å². The summed E-state index contributed by atoms with van der Waals surface area (Å²) in [7, 11) is 3.95. The first-order chi connectivity index (χ1) is 16.5. The standard InChI is InChI=1S/C26H31N5O2S/c1-30-14-15-31(2)26(25(30)33)11-7-19(8-12-26)29-24(32)23-22(10-16-34-23)28-17-18-9-13-27-21-6-4-3-5-20(18)21/h3-6,9-10,13,16,19,28H,7-8,11-12,14-15,17H2,1-2H3,(H,29,32)/t19-,26-. The molecule has 3 heterocycles. The minimum absolute atomic E-state index is 0.0431. The molecule has 0 unspecified atom stereocenters. The van der Waals surface area contributed by atoms with Gasteiger partial charge in [0.15, 0.2) is 0 Å². The molecule has 8 heteroatoms.